The molecule has 0 aliphatic carbocycles. The number of aromatic nitrogens is 1. The second kappa shape index (κ2) is 9.89. The average Bonchev–Trinajstić information content (AvgIpc) is 3.29. The van der Waals surface area contributed by atoms with Crippen LogP contribution in [0.4, 0.5) is 5.69 Å². The van der Waals surface area contributed by atoms with E-state index in [1.807, 2.05) is 6.07 Å². The van der Waals surface area contributed by atoms with Gasteiger partial charge in [0.25, 0.3) is 0 Å². The van der Waals surface area contributed by atoms with Crippen molar-refractivity contribution in [2.24, 2.45) is 0 Å². The Balaban J connectivity index is 1.42. The van der Waals surface area contributed by atoms with Gasteiger partial charge in [-0.3, -0.25) is 0 Å². The first-order valence-electron chi connectivity index (χ1n) is 12.6. The van der Waals surface area contributed by atoms with Crippen molar-refractivity contribution >= 4 is 58.5 Å². The van der Waals surface area contributed by atoms with E-state index < -0.39 is 0 Å². The van der Waals surface area contributed by atoms with E-state index in [-0.39, 0.29) is 14.5 Å². The number of hydrogen-bond donors (Lipinski definition) is 0. The van der Waals surface area contributed by atoms with Crippen LogP contribution in [0, 0.1) is 0 Å². The fraction of sp³-hybridized carbons (Fsp3) is 0.121. The standard InChI is InChI=1S/C33H29N2OSe/c1-4-35-30-20-17-24-9-5-6-11-29(24)33(30)37-32(35)22-27-21-25(28-10-7-8-12-31(28)36-27)16-13-23-14-18-26(19-15-23)34(2)3/h5-22H,4H2,1-3H3/q+1. The molecule has 4 heteroatoms. The summed E-state index contributed by atoms with van der Waals surface area (Å²) in [5.41, 5.74) is 5.97. The van der Waals surface area contributed by atoms with Gasteiger partial charge in [-0.2, -0.15) is 0 Å². The molecule has 6 rings (SSSR count). The maximum atomic E-state index is 6.41. The molecule has 182 valence electrons. The van der Waals surface area contributed by atoms with Crippen LogP contribution in [0.25, 0.3) is 38.3 Å². The summed E-state index contributed by atoms with van der Waals surface area (Å²) >= 11 is 0.206. The van der Waals surface area contributed by atoms with Crippen molar-refractivity contribution in [1.29, 1.82) is 0 Å². The molecule has 5 aromatic rings. The Morgan fingerprint density at radius 1 is 0.865 bits per heavy atom. The zero-order valence-electron chi connectivity index (χ0n) is 21.3. The molecular formula is C33H29N2OSe+. The predicted octanol–water partition coefficient (Wildman–Crippen LogP) is 6.95. The molecule has 0 bridgehead atoms. The molecule has 0 saturated heterocycles. The van der Waals surface area contributed by atoms with Gasteiger partial charge in [-0.1, -0.05) is 0 Å². The molecule has 0 amide bonds. The SMILES string of the molecule is CC[n+]1c(C=C2C=C(C=Cc3ccc(N(C)C)cc3)c3ccccc3O2)[se]c2c3ccccc3ccc21. The molecule has 0 atom stereocenters. The van der Waals surface area contributed by atoms with Gasteiger partial charge >= 0.3 is 210 Å². The zero-order valence-corrected chi connectivity index (χ0v) is 23.0. The minimum atomic E-state index is 0.206. The Kier molecular flexibility index (Phi) is 6.30. The summed E-state index contributed by atoms with van der Waals surface area (Å²) in [5, 5.41) is 2.67. The number of benzene rings is 4. The van der Waals surface area contributed by atoms with Crippen LogP contribution < -0.4 is 14.2 Å². The summed E-state index contributed by atoms with van der Waals surface area (Å²) in [6.45, 7) is 3.16. The Morgan fingerprint density at radius 2 is 1.65 bits per heavy atom. The van der Waals surface area contributed by atoms with Gasteiger partial charge in [0.15, 0.2) is 0 Å². The van der Waals surface area contributed by atoms with E-state index in [2.05, 4.69) is 134 Å². The normalized spacial score (nSPS) is 14.2. The first kappa shape index (κ1) is 23.5. The van der Waals surface area contributed by atoms with Gasteiger partial charge in [0.1, 0.15) is 0 Å². The van der Waals surface area contributed by atoms with E-state index in [0.29, 0.717) is 0 Å². The third kappa shape index (κ3) is 4.55. The fourth-order valence-electron chi connectivity index (χ4n) is 4.85. The molecule has 0 spiro atoms. The van der Waals surface area contributed by atoms with Crippen molar-refractivity contribution in [2.75, 3.05) is 19.0 Å². The third-order valence-corrected chi connectivity index (χ3v) is 9.27. The fourth-order valence-corrected chi connectivity index (χ4v) is 7.57. The monoisotopic (exact) mass is 549 g/mol. The third-order valence-electron chi connectivity index (χ3n) is 6.79. The molecule has 0 fully saturated rings. The van der Waals surface area contributed by atoms with Crippen LogP contribution in [-0.2, 0) is 6.54 Å². The van der Waals surface area contributed by atoms with Gasteiger partial charge in [-0.05, 0) is 0 Å². The van der Waals surface area contributed by atoms with Crippen molar-refractivity contribution in [3.63, 3.8) is 0 Å². The molecule has 37 heavy (non-hydrogen) atoms. The molecule has 1 aliphatic rings. The maximum absolute atomic E-state index is 6.41. The molecule has 4 aromatic carbocycles. The number of aryl methyl sites for hydroxylation is 1. The van der Waals surface area contributed by atoms with Gasteiger partial charge in [0.05, 0.1) is 0 Å². The molecule has 0 radical (unpaired) electrons. The Morgan fingerprint density at radius 3 is 2.46 bits per heavy atom. The van der Waals surface area contributed by atoms with Crippen molar-refractivity contribution in [1.82, 2.24) is 0 Å². The second-order valence-corrected chi connectivity index (χ2v) is 11.5. The van der Waals surface area contributed by atoms with Crippen molar-refractivity contribution in [3.05, 3.63) is 119 Å². The van der Waals surface area contributed by atoms with Crippen LogP contribution >= 0.6 is 0 Å². The summed E-state index contributed by atoms with van der Waals surface area (Å²) in [6.07, 6.45) is 8.79. The van der Waals surface area contributed by atoms with Gasteiger partial charge < -0.3 is 0 Å². The van der Waals surface area contributed by atoms with Crippen molar-refractivity contribution in [3.8, 4) is 5.75 Å². The molecule has 2 heterocycles. The Hall–Kier alpha value is -3.85. The zero-order chi connectivity index (χ0) is 25.4. The molecule has 3 nitrogen and oxygen atoms in total. The van der Waals surface area contributed by atoms with E-state index in [1.165, 1.54) is 36.4 Å². The van der Waals surface area contributed by atoms with E-state index >= 15 is 0 Å². The summed E-state index contributed by atoms with van der Waals surface area (Å²) in [6, 6.07) is 30.1. The van der Waals surface area contributed by atoms with Crippen LogP contribution in [0.1, 0.15) is 22.6 Å². The second-order valence-electron chi connectivity index (χ2n) is 9.38. The van der Waals surface area contributed by atoms with Crippen LogP contribution in [0.5, 0.6) is 5.75 Å². The molecule has 0 N–H and O–H groups in total. The van der Waals surface area contributed by atoms with Gasteiger partial charge in [-0.25, -0.2) is 0 Å². The number of para-hydroxylation sites is 1. The number of allylic oxidation sites excluding steroid dienone is 3. The number of anilines is 1. The molecule has 1 aliphatic heterocycles. The number of nitrogens with zero attached hydrogens (tertiary/aromatic N) is 2. The topological polar surface area (TPSA) is 16.4 Å². The van der Waals surface area contributed by atoms with Crippen LogP contribution in [0.3, 0.4) is 0 Å². The summed E-state index contributed by atoms with van der Waals surface area (Å²) in [7, 11) is 4.12. The summed E-state index contributed by atoms with van der Waals surface area (Å²) in [4.78, 5) is 2.12. The molecule has 0 saturated carbocycles. The first-order chi connectivity index (χ1) is 18.1. The minimum absolute atomic E-state index is 0.206. The van der Waals surface area contributed by atoms with Crippen LogP contribution in [0.15, 0.2) is 103 Å². The summed E-state index contributed by atoms with van der Waals surface area (Å²) < 4.78 is 11.6. The van der Waals surface area contributed by atoms with Crippen molar-refractivity contribution in [2.45, 2.75) is 13.5 Å². The Labute approximate surface area is 224 Å². The van der Waals surface area contributed by atoms with Gasteiger partial charge in [0.2, 0.25) is 0 Å². The quantitative estimate of drug-likeness (QED) is 0.175. The first-order valence-corrected chi connectivity index (χ1v) is 14.3. The van der Waals surface area contributed by atoms with E-state index in [9.17, 15) is 0 Å². The van der Waals surface area contributed by atoms with Crippen LogP contribution in [-0.4, -0.2) is 28.6 Å². The van der Waals surface area contributed by atoms with Crippen molar-refractivity contribution < 1.29 is 9.30 Å². The van der Waals surface area contributed by atoms with E-state index in [0.717, 1.165) is 29.2 Å². The van der Waals surface area contributed by atoms with Gasteiger partial charge in [0, 0.05) is 14.1 Å². The Bertz CT molecular complexity index is 1700. The van der Waals surface area contributed by atoms with E-state index in [4.69, 9.17) is 4.74 Å². The van der Waals surface area contributed by atoms with Crippen LogP contribution in [0.2, 0.25) is 0 Å². The predicted molar refractivity (Wildman–Crippen MR) is 157 cm³/mol. The number of ether oxygens (including phenoxy) is 1. The van der Waals surface area contributed by atoms with E-state index in [1.54, 1.807) is 0 Å². The number of rotatable bonds is 5. The molecular weight excluding hydrogens is 519 g/mol. The van der Waals surface area contributed by atoms with Gasteiger partial charge in [-0.15, -0.1) is 0 Å². The molecule has 1 aromatic heterocycles. The number of fused-ring (bicyclic) bond motifs is 4. The average molecular weight is 549 g/mol. The molecule has 0 unspecified atom stereocenters. The summed E-state index contributed by atoms with van der Waals surface area (Å²) in [5.74, 6) is 1.78. The number of hydrogen-bond acceptors (Lipinski definition) is 2.